The van der Waals surface area contributed by atoms with Crippen LogP contribution in [0.15, 0.2) is 61.2 Å². The molecule has 0 amide bonds. The monoisotopic (exact) mass is 293 g/mol. The van der Waals surface area contributed by atoms with Crippen molar-refractivity contribution in [1.29, 1.82) is 0 Å². The number of hydrogen-bond donors (Lipinski definition) is 0. The average molecular weight is 293 g/mol. The summed E-state index contributed by atoms with van der Waals surface area (Å²) in [5.41, 5.74) is 4.00. The van der Waals surface area contributed by atoms with E-state index >= 15 is 0 Å². The molecule has 0 N–H and O–H groups in total. The Labute approximate surface area is 135 Å². The van der Waals surface area contributed by atoms with Crippen molar-refractivity contribution in [2.75, 3.05) is 13.1 Å². The van der Waals surface area contributed by atoms with Crippen LogP contribution in [-0.4, -0.2) is 18.0 Å². The first-order chi connectivity index (χ1) is 10.8. The second-order valence-electron chi connectivity index (χ2n) is 5.81. The van der Waals surface area contributed by atoms with E-state index in [2.05, 4.69) is 73.0 Å². The predicted molar refractivity (Wildman–Crippen MR) is 96.9 cm³/mol. The van der Waals surface area contributed by atoms with Gasteiger partial charge in [0.25, 0.3) is 0 Å². The summed E-state index contributed by atoms with van der Waals surface area (Å²) in [6.45, 7) is 9.40. The van der Waals surface area contributed by atoms with E-state index in [0.29, 0.717) is 0 Å². The van der Waals surface area contributed by atoms with Gasteiger partial charge in [-0.15, -0.1) is 0 Å². The fourth-order valence-electron chi connectivity index (χ4n) is 2.60. The van der Waals surface area contributed by atoms with E-state index < -0.39 is 0 Å². The Balaban J connectivity index is 1.92. The molecule has 0 aliphatic rings. The molecule has 0 bridgehead atoms. The fourth-order valence-corrected chi connectivity index (χ4v) is 2.60. The highest BCUT2D eigenvalue weighted by molar-refractivity contribution is 5.47. The van der Waals surface area contributed by atoms with Crippen molar-refractivity contribution in [3.63, 3.8) is 0 Å². The van der Waals surface area contributed by atoms with Gasteiger partial charge in [0.1, 0.15) is 0 Å². The molecule has 2 rings (SSSR count). The summed E-state index contributed by atoms with van der Waals surface area (Å²) >= 11 is 0. The Hall–Kier alpha value is -1.86. The van der Waals surface area contributed by atoms with Gasteiger partial charge in [-0.1, -0.05) is 80.6 Å². The van der Waals surface area contributed by atoms with Gasteiger partial charge in [-0.3, -0.25) is 4.90 Å². The van der Waals surface area contributed by atoms with Crippen LogP contribution in [0, 0.1) is 0 Å². The van der Waals surface area contributed by atoms with Gasteiger partial charge >= 0.3 is 0 Å². The maximum Gasteiger partial charge on any atom is 0.0233 e. The first-order valence-electron chi connectivity index (χ1n) is 8.29. The van der Waals surface area contributed by atoms with Crippen molar-refractivity contribution < 1.29 is 0 Å². The zero-order chi connectivity index (χ0) is 15.6. The van der Waals surface area contributed by atoms with Crippen LogP contribution in [0.2, 0.25) is 0 Å². The van der Waals surface area contributed by atoms with Gasteiger partial charge < -0.3 is 0 Å². The van der Waals surface area contributed by atoms with Crippen LogP contribution in [0.5, 0.6) is 0 Å². The molecule has 0 aliphatic carbocycles. The largest absolute Gasteiger partial charge is 0.299 e. The van der Waals surface area contributed by atoms with Gasteiger partial charge in [0, 0.05) is 13.1 Å². The predicted octanol–water partition coefficient (Wildman–Crippen LogP) is 5.17. The van der Waals surface area contributed by atoms with Crippen LogP contribution >= 0.6 is 0 Å². The summed E-state index contributed by atoms with van der Waals surface area (Å²) in [5.74, 6) is 0. The van der Waals surface area contributed by atoms with Gasteiger partial charge in [-0.25, -0.2) is 0 Å². The highest BCUT2D eigenvalue weighted by Gasteiger charge is 2.06. The normalized spacial score (nSPS) is 10.8. The van der Waals surface area contributed by atoms with E-state index in [-0.39, 0.29) is 0 Å². The minimum Gasteiger partial charge on any atom is -0.299 e. The van der Waals surface area contributed by atoms with Crippen molar-refractivity contribution in [3.8, 4) is 0 Å². The van der Waals surface area contributed by atoms with Gasteiger partial charge in [0.15, 0.2) is 0 Å². The molecular weight excluding hydrogens is 266 g/mol. The van der Waals surface area contributed by atoms with Crippen LogP contribution < -0.4 is 0 Å². The molecule has 0 aliphatic heterocycles. The summed E-state index contributed by atoms with van der Waals surface area (Å²) < 4.78 is 0. The van der Waals surface area contributed by atoms with E-state index in [1.807, 2.05) is 6.08 Å². The molecule has 2 aromatic carbocycles. The van der Waals surface area contributed by atoms with Crippen LogP contribution in [0.3, 0.4) is 0 Å². The Bertz CT molecular complexity index is 542. The molecule has 0 radical (unpaired) electrons. The van der Waals surface area contributed by atoms with Crippen LogP contribution in [0.25, 0.3) is 6.08 Å². The Morgan fingerprint density at radius 2 is 1.64 bits per heavy atom. The zero-order valence-corrected chi connectivity index (χ0v) is 13.7. The third-order valence-corrected chi connectivity index (χ3v) is 4.01. The Kier molecular flexibility index (Phi) is 6.92. The third kappa shape index (κ3) is 5.50. The van der Waals surface area contributed by atoms with E-state index in [0.717, 1.165) is 19.5 Å². The van der Waals surface area contributed by atoms with E-state index in [1.165, 1.54) is 36.1 Å². The van der Waals surface area contributed by atoms with Crippen molar-refractivity contribution in [2.45, 2.75) is 32.7 Å². The first-order valence-corrected chi connectivity index (χ1v) is 8.29. The highest BCUT2D eigenvalue weighted by Crippen LogP contribution is 2.10. The number of hydrogen-bond acceptors (Lipinski definition) is 1. The molecular formula is C21H27N. The SMILES string of the molecule is C=Cc1ccc(CCN(CCCC)Cc2ccccc2)cc1. The first kappa shape index (κ1) is 16.5. The standard InChI is InChI=1S/C21H27N/c1-3-5-16-22(18-21-9-7-6-8-10-21)17-15-20-13-11-19(4-2)12-14-20/h4,6-14H,2-3,5,15-18H2,1H3. The summed E-state index contributed by atoms with van der Waals surface area (Å²) in [4.78, 5) is 2.57. The van der Waals surface area contributed by atoms with E-state index in [4.69, 9.17) is 0 Å². The number of benzene rings is 2. The van der Waals surface area contributed by atoms with Gasteiger partial charge in [-0.2, -0.15) is 0 Å². The average Bonchev–Trinajstić information content (AvgIpc) is 2.58. The third-order valence-electron chi connectivity index (χ3n) is 4.01. The van der Waals surface area contributed by atoms with Crippen molar-refractivity contribution >= 4 is 6.08 Å². The van der Waals surface area contributed by atoms with Gasteiger partial charge in [0.05, 0.1) is 0 Å². The molecule has 0 saturated carbocycles. The lowest BCUT2D eigenvalue weighted by Crippen LogP contribution is -2.26. The summed E-state index contributed by atoms with van der Waals surface area (Å²) in [7, 11) is 0. The minimum absolute atomic E-state index is 1.05. The van der Waals surface area contributed by atoms with Crippen molar-refractivity contribution in [2.24, 2.45) is 0 Å². The molecule has 0 saturated heterocycles. The summed E-state index contributed by atoms with van der Waals surface area (Å²) in [6.07, 6.45) is 5.52. The zero-order valence-electron chi connectivity index (χ0n) is 13.7. The van der Waals surface area contributed by atoms with Gasteiger partial charge in [0.2, 0.25) is 0 Å². The fraction of sp³-hybridized carbons (Fsp3) is 0.333. The second-order valence-corrected chi connectivity index (χ2v) is 5.81. The molecule has 2 aromatic rings. The molecule has 0 spiro atoms. The number of unbranched alkanes of at least 4 members (excludes halogenated alkanes) is 1. The quantitative estimate of drug-likeness (QED) is 0.616. The summed E-state index contributed by atoms with van der Waals surface area (Å²) in [6, 6.07) is 19.5. The second kappa shape index (κ2) is 9.22. The maximum absolute atomic E-state index is 3.81. The van der Waals surface area contributed by atoms with Crippen molar-refractivity contribution in [1.82, 2.24) is 4.90 Å². The smallest absolute Gasteiger partial charge is 0.0233 e. The lowest BCUT2D eigenvalue weighted by atomic mass is 10.1. The maximum atomic E-state index is 3.81. The Morgan fingerprint density at radius 3 is 2.27 bits per heavy atom. The van der Waals surface area contributed by atoms with Crippen LogP contribution in [0.4, 0.5) is 0 Å². The molecule has 116 valence electrons. The van der Waals surface area contributed by atoms with Crippen molar-refractivity contribution in [3.05, 3.63) is 77.9 Å². The van der Waals surface area contributed by atoms with Crippen LogP contribution in [-0.2, 0) is 13.0 Å². The topological polar surface area (TPSA) is 3.24 Å². The number of nitrogens with zero attached hydrogens (tertiary/aromatic N) is 1. The number of rotatable bonds is 9. The molecule has 0 fully saturated rings. The molecule has 0 heterocycles. The summed E-state index contributed by atoms with van der Waals surface area (Å²) in [5, 5.41) is 0. The van der Waals surface area contributed by atoms with Crippen LogP contribution in [0.1, 0.15) is 36.5 Å². The molecule has 0 aromatic heterocycles. The van der Waals surface area contributed by atoms with E-state index in [1.54, 1.807) is 0 Å². The van der Waals surface area contributed by atoms with E-state index in [9.17, 15) is 0 Å². The highest BCUT2D eigenvalue weighted by atomic mass is 15.1. The molecule has 1 heteroatoms. The Morgan fingerprint density at radius 1 is 0.909 bits per heavy atom. The molecule has 0 atom stereocenters. The lowest BCUT2D eigenvalue weighted by molar-refractivity contribution is 0.264. The minimum atomic E-state index is 1.05. The lowest BCUT2D eigenvalue weighted by Gasteiger charge is -2.22. The van der Waals surface area contributed by atoms with Gasteiger partial charge in [-0.05, 0) is 36.1 Å². The molecule has 1 nitrogen and oxygen atoms in total. The molecule has 22 heavy (non-hydrogen) atoms. The molecule has 0 unspecified atom stereocenters.